The second-order valence-electron chi connectivity index (χ2n) is 7.97. The molecule has 0 fully saturated rings. The van der Waals surface area contributed by atoms with Crippen LogP contribution in [-0.2, 0) is 11.2 Å². The molecule has 0 saturated heterocycles. The molecule has 180 valence electrons. The van der Waals surface area contributed by atoms with E-state index >= 15 is 0 Å². The van der Waals surface area contributed by atoms with Crippen LogP contribution in [0.2, 0.25) is 0 Å². The number of methoxy groups -OCH3 is 1. The number of aromatic carboxylic acids is 1. The number of carboxylic acid groups (broad SMARTS) is 1. The Labute approximate surface area is 202 Å². The molecule has 0 aliphatic heterocycles. The summed E-state index contributed by atoms with van der Waals surface area (Å²) in [5.41, 5.74) is 2.96. The minimum absolute atomic E-state index is 0.130. The van der Waals surface area contributed by atoms with E-state index in [0.29, 0.717) is 23.9 Å². The molecule has 0 unspecified atom stereocenters. The highest BCUT2D eigenvalue weighted by molar-refractivity contribution is 5.92. The summed E-state index contributed by atoms with van der Waals surface area (Å²) in [5, 5.41) is 16.2. The van der Waals surface area contributed by atoms with E-state index in [1.807, 2.05) is 48.5 Å². The number of nitrogens with zero attached hydrogens (tertiary/aromatic N) is 3. The minimum atomic E-state index is -1.30. The number of aryl methyl sites for hydroxylation is 1. The molecule has 9 nitrogen and oxygen atoms in total. The molecular weight excluding hydrogens is 446 g/mol. The molecule has 9 heteroatoms. The number of carboxylic acids is 1. The van der Waals surface area contributed by atoms with Gasteiger partial charge in [0.05, 0.1) is 5.39 Å². The van der Waals surface area contributed by atoms with Crippen molar-refractivity contribution in [3.05, 3.63) is 82.3 Å². The molecule has 4 aromatic rings. The van der Waals surface area contributed by atoms with Gasteiger partial charge in [0.2, 0.25) is 11.4 Å². The lowest BCUT2D eigenvalue weighted by molar-refractivity contribution is 0.0695. The summed E-state index contributed by atoms with van der Waals surface area (Å²) < 4.78 is 6.66. The van der Waals surface area contributed by atoms with E-state index < -0.39 is 11.4 Å². The van der Waals surface area contributed by atoms with Crippen molar-refractivity contribution < 1.29 is 14.6 Å². The number of hydrogen-bond donors (Lipinski definition) is 3. The fourth-order valence-corrected chi connectivity index (χ4v) is 3.66. The highest BCUT2D eigenvalue weighted by Crippen LogP contribution is 2.21. The highest BCUT2D eigenvalue weighted by Gasteiger charge is 2.17. The van der Waals surface area contributed by atoms with Crippen LogP contribution in [0.15, 0.2) is 65.7 Å². The summed E-state index contributed by atoms with van der Waals surface area (Å²) in [6.07, 6.45) is 4.47. The maximum atomic E-state index is 12.8. The Kier molecular flexibility index (Phi) is 7.37. The van der Waals surface area contributed by atoms with Crippen LogP contribution in [0.1, 0.15) is 29.3 Å². The number of carbonyl (C=O) groups is 1. The van der Waals surface area contributed by atoms with Gasteiger partial charge in [-0.25, -0.2) is 9.78 Å². The Bertz CT molecular complexity index is 1380. The van der Waals surface area contributed by atoms with Crippen molar-refractivity contribution in [1.82, 2.24) is 14.5 Å². The zero-order valence-electron chi connectivity index (χ0n) is 19.6. The average molecular weight is 474 g/mol. The second-order valence-corrected chi connectivity index (χ2v) is 7.97. The van der Waals surface area contributed by atoms with Crippen LogP contribution in [0.25, 0.3) is 16.7 Å². The first-order valence-electron chi connectivity index (χ1n) is 11.3. The largest absolute Gasteiger partial charge is 0.477 e. The fourth-order valence-electron chi connectivity index (χ4n) is 3.66. The van der Waals surface area contributed by atoms with Gasteiger partial charge in [-0.2, -0.15) is 4.98 Å². The summed E-state index contributed by atoms with van der Waals surface area (Å²) >= 11 is 0. The summed E-state index contributed by atoms with van der Waals surface area (Å²) in [6.45, 7) is 3.57. The van der Waals surface area contributed by atoms with Gasteiger partial charge in [-0.15, -0.1) is 0 Å². The van der Waals surface area contributed by atoms with Gasteiger partial charge in [0, 0.05) is 49.7 Å². The number of pyridine rings is 1. The van der Waals surface area contributed by atoms with Crippen molar-refractivity contribution in [2.24, 2.45) is 0 Å². The fraction of sp³-hybridized carbons (Fsp3) is 0.231. The predicted octanol–water partition coefficient (Wildman–Crippen LogP) is 4.23. The number of fused-ring (bicyclic) bond motifs is 1. The molecular formula is C26H27N5O4. The maximum absolute atomic E-state index is 12.8. The summed E-state index contributed by atoms with van der Waals surface area (Å²) in [7, 11) is 1.68. The number of ether oxygens (including phenoxy) is 1. The van der Waals surface area contributed by atoms with Crippen LogP contribution in [0, 0.1) is 0 Å². The first-order valence-corrected chi connectivity index (χ1v) is 11.3. The molecule has 0 radical (unpaired) electrons. The third-order valence-electron chi connectivity index (χ3n) is 5.59. The Balaban J connectivity index is 1.67. The van der Waals surface area contributed by atoms with Gasteiger partial charge in [0.1, 0.15) is 5.56 Å². The molecule has 35 heavy (non-hydrogen) atoms. The molecule has 0 saturated carbocycles. The quantitative estimate of drug-likeness (QED) is 0.293. The molecule has 2 heterocycles. The number of aromatic nitrogens is 3. The topological polar surface area (TPSA) is 118 Å². The second kappa shape index (κ2) is 10.8. The summed E-state index contributed by atoms with van der Waals surface area (Å²) in [6, 6.07) is 15.4. The molecule has 0 aliphatic carbocycles. The third-order valence-corrected chi connectivity index (χ3v) is 5.59. The Morgan fingerprint density at radius 1 is 1.09 bits per heavy atom. The van der Waals surface area contributed by atoms with E-state index in [1.165, 1.54) is 12.4 Å². The summed E-state index contributed by atoms with van der Waals surface area (Å²) in [4.78, 5) is 33.3. The molecule has 0 aliphatic rings. The lowest BCUT2D eigenvalue weighted by Crippen LogP contribution is -2.19. The van der Waals surface area contributed by atoms with Gasteiger partial charge in [0.15, 0.2) is 5.65 Å². The molecule has 2 aromatic heterocycles. The summed E-state index contributed by atoms with van der Waals surface area (Å²) in [5.74, 6) is -1.01. The van der Waals surface area contributed by atoms with Crippen molar-refractivity contribution >= 4 is 34.3 Å². The van der Waals surface area contributed by atoms with E-state index in [4.69, 9.17) is 4.74 Å². The van der Waals surface area contributed by atoms with Crippen LogP contribution >= 0.6 is 0 Å². The zero-order chi connectivity index (χ0) is 24.8. The number of hydrogen-bond acceptors (Lipinski definition) is 7. The van der Waals surface area contributed by atoms with E-state index in [-0.39, 0.29) is 10.9 Å². The molecule has 0 bridgehead atoms. The molecule has 0 spiro atoms. The molecule has 0 atom stereocenters. The SMILES string of the molecule is CCc1ccc(-n2cc(C(=O)O)c(=O)c3cnc(Nc4ccc(NCCCOC)cc4)nc32)cc1. The smallest absolute Gasteiger partial charge is 0.341 e. The van der Waals surface area contributed by atoms with Crippen molar-refractivity contribution in [3.8, 4) is 5.69 Å². The lowest BCUT2D eigenvalue weighted by Gasteiger charge is -2.13. The van der Waals surface area contributed by atoms with Crippen LogP contribution in [0.3, 0.4) is 0 Å². The van der Waals surface area contributed by atoms with Gasteiger partial charge >= 0.3 is 5.97 Å². The Morgan fingerprint density at radius 3 is 2.46 bits per heavy atom. The highest BCUT2D eigenvalue weighted by atomic mass is 16.5. The van der Waals surface area contributed by atoms with Gasteiger partial charge in [0.25, 0.3) is 0 Å². The Morgan fingerprint density at radius 2 is 1.80 bits per heavy atom. The number of benzene rings is 2. The third kappa shape index (κ3) is 5.47. The first-order chi connectivity index (χ1) is 17.0. The molecule has 4 rings (SSSR count). The van der Waals surface area contributed by atoms with Crippen LogP contribution in [0.4, 0.5) is 17.3 Å². The normalized spacial score (nSPS) is 10.9. The number of anilines is 3. The van der Waals surface area contributed by atoms with E-state index in [0.717, 1.165) is 36.3 Å². The minimum Gasteiger partial charge on any atom is -0.477 e. The monoisotopic (exact) mass is 473 g/mol. The van der Waals surface area contributed by atoms with Crippen LogP contribution in [0.5, 0.6) is 0 Å². The van der Waals surface area contributed by atoms with Crippen molar-refractivity contribution in [3.63, 3.8) is 0 Å². The van der Waals surface area contributed by atoms with Gasteiger partial charge < -0.3 is 25.0 Å². The van der Waals surface area contributed by atoms with Gasteiger partial charge in [-0.1, -0.05) is 19.1 Å². The van der Waals surface area contributed by atoms with Crippen molar-refractivity contribution in [2.75, 3.05) is 30.9 Å². The lowest BCUT2D eigenvalue weighted by atomic mass is 10.1. The van der Waals surface area contributed by atoms with Crippen LogP contribution in [-0.4, -0.2) is 45.9 Å². The van der Waals surface area contributed by atoms with E-state index in [1.54, 1.807) is 11.7 Å². The predicted molar refractivity (Wildman–Crippen MR) is 136 cm³/mol. The molecule has 2 aromatic carbocycles. The maximum Gasteiger partial charge on any atom is 0.341 e. The van der Waals surface area contributed by atoms with Gasteiger partial charge in [-0.05, 0) is 54.8 Å². The average Bonchev–Trinajstić information content (AvgIpc) is 2.88. The standard InChI is InChI=1S/C26H27N5O4/c1-3-17-5-11-20(12-6-17)31-16-22(25(33)34)23(32)21-15-28-26(30-24(21)31)29-19-9-7-18(8-10-19)27-13-4-14-35-2/h5-12,15-16,27H,3-4,13-14H2,1-2H3,(H,33,34)(H,28,29,30). The van der Waals surface area contributed by atoms with E-state index in [9.17, 15) is 14.7 Å². The molecule has 3 N–H and O–H groups in total. The van der Waals surface area contributed by atoms with Crippen molar-refractivity contribution in [2.45, 2.75) is 19.8 Å². The molecule has 0 amide bonds. The Hall–Kier alpha value is -4.24. The van der Waals surface area contributed by atoms with Gasteiger partial charge in [-0.3, -0.25) is 4.79 Å². The number of nitrogens with one attached hydrogen (secondary N) is 2. The van der Waals surface area contributed by atoms with E-state index in [2.05, 4.69) is 27.5 Å². The number of rotatable bonds is 10. The van der Waals surface area contributed by atoms with Crippen LogP contribution < -0.4 is 16.1 Å². The van der Waals surface area contributed by atoms with Crippen molar-refractivity contribution in [1.29, 1.82) is 0 Å². The zero-order valence-corrected chi connectivity index (χ0v) is 19.6. The first kappa shape index (κ1) is 23.9.